The number of hydrogen-bond donors (Lipinski definition) is 2. The molecule has 0 saturated heterocycles. The number of rotatable bonds is 4. The molecule has 6 nitrogen and oxygen atoms in total. The highest BCUT2D eigenvalue weighted by molar-refractivity contribution is 7.85. The van der Waals surface area contributed by atoms with Gasteiger partial charge in [0.15, 0.2) is 5.82 Å². The lowest BCUT2D eigenvalue weighted by Crippen LogP contribution is -2.21. The van der Waals surface area contributed by atoms with E-state index in [0.717, 1.165) is 34.6 Å². The van der Waals surface area contributed by atoms with Gasteiger partial charge in [-0.05, 0) is 49.8 Å². The third-order valence-corrected chi connectivity index (χ3v) is 6.83. The van der Waals surface area contributed by atoms with Gasteiger partial charge >= 0.3 is 0 Å². The number of dihydropyridines is 1. The molecule has 8 heteroatoms. The van der Waals surface area contributed by atoms with Crippen molar-refractivity contribution in [2.75, 3.05) is 11.9 Å². The predicted molar refractivity (Wildman–Crippen MR) is 107 cm³/mol. The number of nitrogens with zero attached hydrogens (tertiary/aromatic N) is 3. The molecule has 4 rings (SSSR count). The van der Waals surface area contributed by atoms with Crippen LogP contribution in [0.4, 0.5) is 5.82 Å². The Labute approximate surface area is 159 Å². The largest absolute Gasteiger partial charge is 0.325 e. The maximum absolute atomic E-state index is 11.4. The van der Waals surface area contributed by atoms with E-state index in [-0.39, 0.29) is 0 Å². The number of anilines is 1. The molecule has 3 N–H and O–H groups in total. The third-order valence-electron chi connectivity index (χ3n) is 4.67. The van der Waals surface area contributed by atoms with E-state index < -0.39 is 11.0 Å². The molecule has 3 heterocycles. The van der Waals surface area contributed by atoms with Crippen LogP contribution in [0.15, 0.2) is 39.2 Å². The fourth-order valence-electron chi connectivity index (χ4n) is 3.06. The van der Waals surface area contributed by atoms with E-state index in [1.54, 1.807) is 12.3 Å². The molecule has 2 aromatic rings. The summed E-state index contributed by atoms with van der Waals surface area (Å²) in [6.07, 6.45) is 6.57. The Hall–Kier alpha value is -1.90. The van der Waals surface area contributed by atoms with Crippen LogP contribution in [0.1, 0.15) is 25.3 Å². The Kier molecular flexibility index (Phi) is 4.73. The second-order valence-electron chi connectivity index (χ2n) is 6.81. The lowest BCUT2D eigenvalue weighted by atomic mass is 9.94. The lowest BCUT2D eigenvalue weighted by Gasteiger charge is -2.20. The van der Waals surface area contributed by atoms with Gasteiger partial charge in [-0.3, -0.25) is 4.99 Å². The zero-order chi connectivity index (χ0) is 18.3. The van der Waals surface area contributed by atoms with Gasteiger partial charge in [0.2, 0.25) is 0 Å². The van der Waals surface area contributed by atoms with Gasteiger partial charge in [0.1, 0.15) is 26.8 Å². The van der Waals surface area contributed by atoms with Crippen LogP contribution in [-0.2, 0) is 11.0 Å². The molecule has 2 unspecified atom stereocenters. The fourth-order valence-corrected chi connectivity index (χ4v) is 4.53. The molecule has 2 aliphatic rings. The molecule has 0 bridgehead atoms. The first-order valence-corrected chi connectivity index (χ1v) is 10.7. The second kappa shape index (κ2) is 7.02. The van der Waals surface area contributed by atoms with Crippen LogP contribution >= 0.6 is 11.3 Å². The van der Waals surface area contributed by atoms with Crippen molar-refractivity contribution in [3.05, 3.63) is 35.5 Å². The van der Waals surface area contributed by atoms with Gasteiger partial charge in [-0.1, -0.05) is 12.5 Å². The molecular weight excluding hydrogens is 366 g/mol. The van der Waals surface area contributed by atoms with E-state index in [4.69, 9.17) is 5.14 Å². The molecule has 26 heavy (non-hydrogen) atoms. The summed E-state index contributed by atoms with van der Waals surface area (Å²) in [5.74, 6) is 3.47. The molecule has 2 atom stereocenters. The molecule has 1 aliphatic heterocycles. The van der Waals surface area contributed by atoms with Crippen molar-refractivity contribution in [2.45, 2.75) is 30.9 Å². The van der Waals surface area contributed by atoms with Gasteiger partial charge in [-0.2, -0.15) is 0 Å². The molecular formula is C18H21N5OS2. The molecule has 0 amide bonds. The number of hydrogen-bond acceptors (Lipinski definition) is 6. The monoisotopic (exact) mass is 387 g/mol. The lowest BCUT2D eigenvalue weighted by molar-refractivity contribution is 0.642. The maximum atomic E-state index is 11.4. The summed E-state index contributed by atoms with van der Waals surface area (Å²) >= 11 is 1.35. The first-order valence-electron chi connectivity index (χ1n) is 8.64. The average Bonchev–Trinajstić information content (AvgIpc) is 3.34. The van der Waals surface area contributed by atoms with Crippen LogP contribution in [0.3, 0.4) is 0 Å². The van der Waals surface area contributed by atoms with Crippen molar-refractivity contribution in [3.63, 3.8) is 0 Å². The van der Waals surface area contributed by atoms with Crippen molar-refractivity contribution in [1.29, 1.82) is 0 Å². The highest BCUT2D eigenvalue weighted by Crippen LogP contribution is 2.41. The van der Waals surface area contributed by atoms with Crippen molar-refractivity contribution in [1.82, 2.24) is 9.97 Å². The van der Waals surface area contributed by atoms with Crippen LogP contribution in [0.5, 0.6) is 0 Å². The molecule has 136 valence electrons. The highest BCUT2D eigenvalue weighted by atomic mass is 32.2. The van der Waals surface area contributed by atoms with Crippen molar-refractivity contribution in [2.24, 2.45) is 22.0 Å². The standard InChI is InChI=1S/C18H21N5OS2/c1-10-8-20-15(7-13(10)12-3-4-12)22-17-11(2)9-21-18(23-17)14-5-6-16(25-14)26(19)24/h5-7,9-10,12H,3-4,8,19H2,1-2H3,(H,20,21,22,23). The highest BCUT2D eigenvalue weighted by Gasteiger charge is 2.30. The number of nitrogens with two attached hydrogens (primary N) is 1. The average molecular weight is 388 g/mol. The Morgan fingerprint density at radius 2 is 2.15 bits per heavy atom. The number of thiophene rings is 1. The van der Waals surface area contributed by atoms with Gasteiger partial charge in [-0.25, -0.2) is 19.3 Å². The normalized spacial score (nSPS) is 21.1. The van der Waals surface area contributed by atoms with Crippen LogP contribution in [0.2, 0.25) is 0 Å². The van der Waals surface area contributed by atoms with Gasteiger partial charge in [0, 0.05) is 18.3 Å². The Morgan fingerprint density at radius 1 is 1.35 bits per heavy atom. The van der Waals surface area contributed by atoms with Crippen LogP contribution in [0.25, 0.3) is 10.7 Å². The SMILES string of the molecule is Cc1cnc(-c2ccc(S(N)=O)s2)nc1NC1=NCC(C)C(C2CC2)=C1. The zero-order valence-corrected chi connectivity index (χ0v) is 16.4. The molecule has 0 spiro atoms. The van der Waals surface area contributed by atoms with E-state index in [9.17, 15) is 4.21 Å². The summed E-state index contributed by atoms with van der Waals surface area (Å²) in [7, 11) is -1.48. The van der Waals surface area contributed by atoms with Crippen LogP contribution in [-0.4, -0.2) is 26.6 Å². The molecule has 1 fully saturated rings. The zero-order valence-electron chi connectivity index (χ0n) is 14.7. The van der Waals surface area contributed by atoms with Gasteiger partial charge < -0.3 is 5.32 Å². The van der Waals surface area contributed by atoms with E-state index in [2.05, 4.69) is 33.3 Å². The van der Waals surface area contributed by atoms with Gasteiger partial charge in [0.25, 0.3) is 0 Å². The Bertz CT molecular complexity index is 929. The Morgan fingerprint density at radius 3 is 2.85 bits per heavy atom. The summed E-state index contributed by atoms with van der Waals surface area (Å²) in [5.41, 5.74) is 2.46. The van der Waals surface area contributed by atoms with Crippen molar-refractivity contribution in [3.8, 4) is 10.7 Å². The summed E-state index contributed by atoms with van der Waals surface area (Å²) in [4.78, 5) is 14.6. The number of aryl methyl sites for hydroxylation is 1. The van der Waals surface area contributed by atoms with E-state index in [0.29, 0.717) is 16.0 Å². The number of aromatic nitrogens is 2. The summed E-state index contributed by atoms with van der Waals surface area (Å²) in [5, 5.41) is 8.81. The first kappa shape index (κ1) is 17.5. The number of aliphatic imine (C=N–C) groups is 1. The molecule has 1 saturated carbocycles. The summed E-state index contributed by atoms with van der Waals surface area (Å²) < 4.78 is 12.0. The fraction of sp³-hybridized carbons (Fsp3) is 0.389. The molecule has 0 radical (unpaired) electrons. The topological polar surface area (TPSA) is 93.3 Å². The second-order valence-corrected chi connectivity index (χ2v) is 9.19. The van der Waals surface area contributed by atoms with Crippen molar-refractivity contribution < 1.29 is 4.21 Å². The summed E-state index contributed by atoms with van der Waals surface area (Å²) in [6.45, 7) is 5.03. The third kappa shape index (κ3) is 3.62. The minimum atomic E-state index is -1.48. The number of amidine groups is 1. The number of nitrogens with one attached hydrogen (secondary N) is 1. The smallest absolute Gasteiger partial charge is 0.171 e. The minimum absolute atomic E-state index is 0.525. The van der Waals surface area contributed by atoms with E-state index in [1.165, 1.54) is 29.8 Å². The quantitative estimate of drug-likeness (QED) is 0.842. The summed E-state index contributed by atoms with van der Waals surface area (Å²) in [6, 6.07) is 3.60. The predicted octanol–water partition coefficient (Wildman–Crippen LogP) is 3.29. The molecule has 1 aliphatic carbocycles. The van der Waals surface area contributed by atoms with Crippen molar-refractivity contribution >= 4 is 34.0 Å². The molecule has 0 aromatic carbocycles. The van der Waals surface area contributed by atoms with Gasteiger partial charge in [-0.15, -0.1) is 11.3 Å². The minimum Gasteiger partial charge on any atom is -0.325 e. The van der Waals surface area contributed by atoms with Crippen LogP contribution < -0.4 is 10.5 Å². The van der Waals surface area contributed by atoms with Gasteiger partial charge in [0.05, 0.1) is 4.88 Å². The van der Waals surface area contributed by atoms with E-state index in [1.807, 2.05) is 13.0 Å². The first-order chi connectivity index (χ1) is 12.5. The molecule has 2 aromatic heterocycles. The van der Waals surface area contributed by atoms with Crippen LogP contribution in [0, 0.1) is 18.8 Å². The Balaban J connectivity index is 1.59. The maximum Gasteiger partial charge on any atom is 0.171 e. The van der Waals surface area contributed by atoms with E-state index >= 15 is 0 Å².